The molecule has 2 aliphatic rings. The van der Waals surface area contributed by atoms with Crippen LogP contribution in [-0.2, 0) is 12.8 Å². The van der Waals surface area contributed by atoms with E-state index in [1.807, 2.05) is 85.2 Å². The van der Waals surface area contributed by atoms with Crippen LogP contribution >= 0.6 is 0 Å². The molecule has 12 rings (SSSR count). The van der Waals surface area contributed by atoms with Crippen LogP contribution in [0.1, 0.15) is 41.2 Å². The Balaban J connectivity index is 1.28. The van der Waals surface area contributed by atoms with Gasteiger partial charge in [-0.05, 0) is 79.3 Å². The Bertz CT molecular complexity index is 3400. The molecule has 1 atom stereocenters. The van der Waals surface area contributed by atoms with Crippen molar-refractivity contribution in [1.82, 2.24) is 35.1 Å². The SMILES string of the molecule is c1ccc2c(c1)CCC(c1c(-c3ccc4ccccc4n3)c(C3CCc4ccccc4O3)c(-c3cnc4ccccc4n3)c3c(-c4ncc5ccccc5n4)cnnc13)=N2. The average molecular weight is 775 g/mol. The first-order valence-electron chi connectivity index (χ1n) is 20.3. The molecule has 284 valence electrons. The molecule has 9 nitrogen and oxygen atoms in total. The number of rotatable bonds is 5. The van der Waals surface area contributed by atoms with Crippen molar-refractivity contribution in [1.29, 1.82) is 0 Å². The summed E-state index contributed by atoms with van der Waals surface area (Å²) in [7, 11) is 0. The third kappa shape index (κ3) is 5.69. The maximum absolute atomic E-state index is 7.18. The van der Waals surface area contributed by atoms with Crippen molar-refractivity contribution in [3.8, 4) is 39.7 Å². The quantitative estimate of drug-likeness (QED) is 0.170. The van der Waals surface area contributed by atoms with Gasteiger partial charge in [-0.2, -0.15) is 5.10 Å². The zero-order chi connectivity index (χ0) is 39.6. The summed E-state index contributed by atoms with van der Waals surface area (Å²) >= 11 is 0. The highest BCUT2D eigenvalue weighted by Crippen LogP contribution is 2.50. The number of pyridine rings is 1. The average Bonchev–Trinajstić information content (AvgIpc) is 3.32. The van der Waals surface area contributed by atoms with Crippen molar-refractivity contribution in [2.75, 3.05) is 0 Å². The second-order valence-corrected chi connectivity index (χ2v) is 15.3. The van der Waals surface area contributed by atoms with E-state index < -0.39 is 6.10 Å². The number of hydrogen-bond donors (Lipinski definition) is 0. The molecule has 10 aromatic rings. The predicted octanol–water partition coefficient (Wildman–Crippen LogP) is 11.2. The third-order valence-electron chi connectivity index (χ3n) is 11.8. The van der Waals surface area contributed by atoms with Gasteiger partial charge in [0.1, 0.15) is 17.4 Å². The number of para-hydroxylation sites is 6. The van der Waals surface area contributed by atoms with Crippen LogP contribution in [-0.4, -0.2) is 40.8 Å². The van der Waals surface area contributed by atoms with Crippen LogP contribution in [0.2, 0.25) is 0 Å². The summed E-state index contributed by atoms with van der Waals surface area (Å²) < 4.78 is 7.18. The van der Waals surface area contributed by atoms with E-state index in [4.69, 9.17) is 44.8 Å². The van der Waals surface area contributed by atoms with Crippen molar-refractivity contribution in [3.05, 3.63) is 174 Å². The summed E-state index contributed by atoms with van der Waals surface area (Å²) in [6, 6.07) is 45.2. The molecule has 0 fully saturated rings. The van der Waals surface area contributed by atoms with Crippen molar-refractivity contribution in [2.24, 2.45) is 4.99 Å². The number of hydrogen-bond acceptors (Lipinski definition) is 9. The van der Waals surface area contributed by atoms with Crippen LogP contribution in [0, 0.1) is 0 Å². The predicted molar refractivity (Wildman–Crippen MR) is 236 cm³/mol. The lowest BCUT2D eigenvalue weighted by Gasteiger charge is -2.32. The van der Waals surface area contributed by atoms with Gasteiger partial charge in [0.2, 0.25) is 0 Å². The van der Waals surface area contributed by atoms with Crippen LogP contribution in [0.25, 0.3) is 77.6 Å². The fraction of sp³-hybridized carbons (Fsp3) is 0.0980. The zero-order valence-corrected chi connectivity index (χ0v) is 32.3. The highest BCUT2D eigenvalue weighted by atomic mass is 16.5. The Labute approximate surface area is 344 Å². The van der Waals surface area contributed by atoms with E-state index in [1.54, 1.807) is 6.20 Å². The third-order valence-corrected chi connectivity index (χ3v) is 11.8. The van der Waals surface area contributed by atoms with Crippen molar-refractivity contribution < 1.29 is 4.74 Å². The first kappa shape index (κ1) is 34.3. The molecule has 0 radical (unpaired) electrons. The Morgan fingerprint density at radius 3 is 2.15 bits per heavy atom. The Morgan fingerprint density at radius 2 is 1.25 bits per heavy atom. The van der Waals surface area contributed by atoms with Gasteiger partial charge in [-0.15, -0.1) is 5.10 Å². The lowest BCUT2D eigenvalue weighted by molar-refractivity contribution is 0.178. The van der Waals surface area contributed by atoms with Crippen LogP contribution in [0.15, 0.2) is 157 Å². The van der Waals surface area contributed by atoms with Gasteiger partial charge >= 0.3 is 0 Å². The topological polar surface area (TPSA) is 112 Å². The molecule has 6 heterocycles. The highest BCUT2D eigenvalue weighted by molar-refractivity contribution is 6.21. The number of nitrogens with zero attached hydrogens (tertiary/aromatic N) is 8. The van der Waals surface area contributed by atoms with E-state index in [-0.39, 0.29) is 0 Å². The molecule has 60 heavy (non-hydrogen) atoms. The molecule has 2 aliphatic heterocycles. The summed E-state index contributed by atoms with van der Waals surface area (Å²) in [5.74, 6) is 1.39. The maximum atomic E-state index is 7.18. The summed E-state index contributed by atoms with van der Waals surface area (Å²) in [6.07, 6.45) is 8.16. The molecule has 9 heteroatoms. The van der Waals surface area contributed by atoms with Gasteiger partial charge in [0.15, 0.2) is 5.82 Å². The lowest BCUT2D eigenvalue weighted by atomic mass is 9.80. The van der Waals surface area contributed by atoms with Gasteiger partial charge in [0.25, 0.3) is 0 Å². The van der Waals surface area contributed by atoms with Gasteiger partial charge in [0.05, 0.1) is 57.2 Å². The summed E-state index contributed by atoms with van der Waals surface area (Å²) in [5, 5.41) is 12.6. The van der Waals surface area contributed by atoms with Gasteiger partial charge in [-0.1, -0.05) is 91.0 Å². The molecule has 0 aliphatic carbocycles. The van der Waals surface area contributed by atoms with Crippen molar-refractivity contribution in [3.63, 3.8) is 0 Å². The van der Waals surface area contributed by atoms with E-state index in [2.05, 4.69) is 60.7 Å². The first-order valence-corrected chi connectivity index (χ1v) is 20.3. The molecule has 0 saturated heterocycles. The van der Waals surface area contributed by atoms with Crippen molar-refractivity contribution in [2.45, 2.75) is 31.8 Å². The lowest BCUT2D eigenvalue weighted by Crippen LogP contribution is -2.20. The van der Waals surface area contributed by atoms with E-state index in [9.17, 15) is 0 Å². The minimum absolute atomic E-state index is 0.412. The molecule has 6 aromatic carbocycles. The fourth-order valence-corrected chi connectivity index (χ4v) is 9.01. The molecule has 1 unspecified atom stereocenters. The monoisotopic (exact) mass is 774 g/mol. The van der Waals surface area contributed by atoms with Crippen molar-refractivity contribution >= 4 is 55.1 Å². The number of aromatic nitrogens is 7. The summed E-state index contributed by atoms with van der Waals surface area (Å²) in [6.45, 7) is 0. The first-order chi connectivity index (χ1) is 29.7. The van der Waals surface area contributed by atoms with Crippen LogP contribution in [0.5, 0.6) is 5.75 Å². The van der Waals surface area contributed by atoms with E-state index in [0.29, 0.717) is 29.9 Å². The molecule has 0 saturated carbocycles. The van der Waals surface area contributed by atoms with E-state index in [0.717, 1.165) is 102 Å². The molecular weight excluding hydrogens is 741 g/mol. The smallest absolute Gasteiger partial charge is 0.162 e. The summed E-state index contributed by atoms with van der Waals surface area (Å²) in [4.78, 5) is 31.4. The molecule has 0 spiro atoms. The Morgan fingerprint density at radius 1 is 0.517 bits per heavy atom. The molecule has 0 bridgehead atoms. The number of aryl methyl sites for hydroxylation is 2. The maximum Gasteiger partial charge on any atom is 0.162 e. The van der Waals surface area contributed by atoms with Gasteiger partial charge in [-0.25, -0.2) is 19.9 Å². The number of benzene rings is 6. The van der Waals surface area contributed by atoms with Gasteiger partial charge < -0.3 is 4.74 Å². The highest BCUT2D eigenvalue weighted by Gasteiger charge is 2.35. The minimum atomic E-state index is -0.412. The fourth-order valence-electron chi connectivity index (χ4n) is 9.01. The summed E-state index contributed by atoms with van der Waals surface area (Å²) in [5.41, 5.74) is 13.9. The standard InChI is InChI=1S/C51H34N8O/c1-5-15-35-30(11-1)21-24-40(55-35)46-48(41-25-22-31-12-2-6-16-36(31)56-41)50-45(34(28-54-59-50)51-53-27-33-14-3-7-17-37(33)58-51)47(42-29-52-38-18-8-9-19-39(38)57-42)49(46)44-26-23-32-13-4-10-20-43(32)60-44/h1-21,24,27-29,44H,22-23,25-26H2. The van der Waals surface area contributed by atoms with Crippen LogP contribution < -0.4 is 4.74 Å². The Kier molecular flexibility index (Phi) is 7.97. The van der Waals surface area contributed by atoms with Crippen LogP contribution in [0.4, 0.5) is 5.69 Å². The van der Waals surface area contributed by atoms with Gasteiger partial charge in [-0.3, -0.25) is 9.98 Å². The number of fused-ring (bicyclic) bond motifs is 6. The molecule has 4 aromatic heterocycles. The second kappa shape index (κ2) is 14.0. The van der Waals surface area contributed by atoms with E-state index >= 15 is 0 Å². The van der Waals surface area contributed by atoms with E-state index in [1.165, 1.54) is 11.1 Å². The zero-order valence-electron chi connectivity index (χ0n) is 32.3. The largest absolute Gasteiger partial charge is 0.485 e. The number of ether oxygens (including phenoxy) is 1. The Hall–Kier alpha value is -7.78. The number of aliphatic imine (C=N–C) groups is 1. The molecular formula is C51H34N8O. The minimum Gasteiger partial charge on any atom is -0.485 e. The van der Waals surface area contributed by atoms with Gasteiger partial charge in [0, 0.05) is 50.2 Å². The second-order valence-electron chi connectivity index (χ2n) is 15.3. The van der Waals surface area contributed by atoms with Crippen LogP contribution in [0.3, 0.4) is 0 Å². The normalized spacial score (nSPS) is 14.8. The molecule has 0 amide bonds. The molecule has 0 N–H and O–H groups in total.